The van der Waals surface area contributed by atoms with E-state index in [1.807, 2.05) is 0 Å². The maximum absolute atomic E-state index is 12.4. The molecule has 2 bridgehead atoms. The Hall–Kier alpha value is -2.86. The highest BCUT2D eigenvalue weighted by atomic mass is 32.5. The number of anilines is 2. The molecule has 10 unspecified atom stereocenters. The minimum absolute atomic E-state index is 0.0215. The fourth-order valence-electron chi connectivity index (χ4n) is 5.39. The smallest absolute Gasteiger partial charge is 0.387 e. The lowest BCUT2D eigenvalue weighted by Crippen LogP contribution is -2.37. The molecule has 3 fully saturated rings. The standard InChI is InChI=1S/C21H26N10O12P2S/c1-37-44(35)38-3-8-13(12(33)19(41-8)30-5-26-9-15(22)24-4-25-16(9)30)43-45(36,46)39-2-7-11(32)14(42-44)20(40-7)31-6-27-10-17(31)28-21(23)29-18(10)34/h4-8,11-14,19-20,32-33,35H,2-3H2,1H3,(H5-,22,23,24,25,28,29,34,36,46)/p+1. The first kappa shape index (κ1) is 31.7. The quantitative estimate of drug-likeness (QED) is 0.113. The number of H-pyrrole nitrogens is 1. The molecular weight excluding hydrogens is 678 g/mol. The molecule has 3 aliphatic rings. The molecule has 4 aromatic rings. The van der Waals surface area contributed by atoms with Crippen LogP contribution < -0.4 is 17.0 Å². The summed E-state index contributed by atoms with van der Waals surface area (Å²) < 4.78 is 42.7. The van der Waals surface area contributed by atoms with Crippen molar-refractivity contribution in [1.29, 1.82) is 0 Å². The average molecular weight is 706 g/mol. The number of aliphatic hydroxyl groups is 2. The number of imidazole rings is 2. The van der Waals surface area contributed by atoms with Gasteiger partial charge < -0.3 is 40.6 Å². The highest BCUT2D eigenvalue weighted by Crippen LogP contribution is 2.61. The number of nitrogen functional groups attached to an aromatic ring is 2. The zero-order valence-corrected chi connectivity index (χ0v) is 26.0. The van der Waals surface area contributed by atoms with Crippen molar-refractivity contribution in [3.8, 4) is 0 Å². The Kier molecular flexibility index (Phi) is 8.06. The Bertz CT molecular complexity index is 1900. The summed E-state index contributed by atoms with van der Waals surface area (Å²) in [7, 11) is -3.21. The molecular formula is C21H27N10O12P2S+. The number of aliphatic hydroxyl groups excluding tert-OH is 2. The predicted octanol–water partition coefficient (Wildman–Crippen LogP) is -2.01. The van der Waals surface area contributed by atoms with Crippen LogP contribution in [0.25, 0.3) is 22.3 Å². The minimum atomic E-state index is -4.32. The number of ether oxygens (including phenoxy) is 2. The largest absolute Gasteiger partial charge is 0.572 e. The van der Waals surface area contributed by atoms with Crippen molar-refractivity contribution in [3.05, 3.63) is 29.3 Å². The summed E-state index contributed by atoms with van der Waals surface area (Å²) >= 11 is 5.24. The minimum Gasteiger partial charge on any atom is -0.387 e. The molecule has 22 nitrogen and oxygen atoms in total. The summed E-state index contributed by atoms with van der Waals surface area (Å²) in [6, 6.07) is 0. The van der Waals surface area contributed by atoms with Crippen molar-refractivity contribution in [1.82, 2.24) is 39.0 Å². The van der Waals surface area contributed by atoms with Gasteiger partial charge in [-0.2, -0.15) is 18.9 Å². The number of nitrogens with zero attached hydrogens (tertiary/aromatic N) is 7. The van der Waals surface area contributed by atoms with E-state index in [1.54, 1.807) is 0 Å². The monoisotopic (exact) mass is 705 g/mol. The lowest BCUT2D eigenvalue weighted by Gasteiger charge is -2.26. The van der Waals surface area contributed by atoms with Crippen LogP contribution in [-0.2, 0) is 43.9 Å². The number of aromatic amines is 1. The number of hydrogen-bond acceptors (Lipinski definition) is 19. The van der Waals surface area contributed by atoms with E-state index in [9.17, 15) is 24.8 Å². The van der Waals surface area contributed by atoms with E-state index in [-0.39, 0.29) is 34.1 Å². The number of nitrogens with two attached hydrogens (primary N) is 2. The lowest BCUT2D eigenvalue weighted by molar-refractivity contribution is -0.0713. The molecule has 9 N–H and O–H groups in total. The van der Waals surface area contributed by atoms with E-state index >= 15 is 0 Å². The van der Waals surface area contributed by atoms with Gasteiger partial charge in [-0.15, -0.1) is 4.52 Å². The van der Waals surface area contributed by atoms with Crippen molar-refractivity contribution in [3.63, 3.8) is 0 Å². The molecule has 248 valence electrons. The second-order valence-electron chi connectivity index (χ2n) is 10.3. The summed E-state index contributed by atoms with van der Waals surface area (Å²) in [5, 5.41) is 22.6. The molecule has 0 spiro atoms. The number of nitrogens with one attached hydrogen (secondary N) is 1. The van der Waals surface area contributed by atoms with Gasteiger partial charge in [-0.25, -0.2) is 19.9 Å². The fraction of sp³-hybridized carbons (Fsp3) is 0.524. The Morgan fingerprint density at radius 1 is 1.02 bits per heavy atom. The maximum Gasteiger partial charge on any atom is 0.572 e. The Balaban J connectivity index is 1.22. The van der Waals surface area contributed by atoms with Crippen LogP contribution in [0, 0.1) is 0 Å². The molecule has 0 saturated carbocycles. The zero-order chi connectivity index (χ0) is 32.5. The molecule has 3 aliphatic heterocycles. The van der Waals surface area contributed by atoms with Gasteiger partial charge in [0.1, 0.15) is 49.0 Å². The highest BCUT2D eigenvalue weighted by Gasteiger charge is 2.59. The molecule has 25 heteroatoms. The first-order chi connectivity index (χ1) is 21.9. The van der Waals surface area contributed by atoms with Crippen molar-refractivity contribution in [2.24, 2.45) is 0 Å². The second-order valence-corrected chi connectivity index (χ2v) is 14.9. The van der Waals surface area contributed by atoms with Gasteiger partial charge in [0.25, 0.3) is 5.56 Å². The van der Waals surface area contributed by atoms with Crippen LogP contribution in [0.5, 0.6) is 0 Å². The first-order valence-corrected chi connectivity index (χ1v) is 17.5. The third-order valence-electron chi connectivity index (χ3n) is 7.55. The molecule has 7 heterocycles. The van der Waals surface area contributed by atoms with Gasteiger partial charge in [0, 0.05) is 0 Å². The van der Waals surface area contributed by atoms with E-state index in [0.29, 0.717) is 0 Å². The number of fused-ring (bicyclic) bond motifs is 5. The molecule has 0 aliphatic carbocycles. The summed E-state index contributed by atoms with van der Waals surface area (Å²) in [6.07, 6.45) is -7.17. The van der Waals surface area contributed by atoms with Gasteiger partial charge in [-0.05, 0) is 11.8 Å². The summed E-state index contributed by atoms with van der Waals surface area (Å²) in [4.78, 5) is 57.5. The number of hydrogen-bond donors (Lipinski definition) is 7. The van der Waals surface area contributed by atoms with Crippen LogP contribution in [-0.4, -0.2) is 116 Å². The van der Waals surface area contributed by atoms with Gasteiger partial charge in [0.05, 0.1) is 26.4 Å². The van der Waals surface area contributed by atoms with E-state index in [4.69, 9.17) is 55.4 Å². The Morgan fingerprint density at radius 3 is 2.50 bits per heavy atom. The molecule has 10 atom stereocenters. The van der Waals surface area contributed by atoms with Crippen molar-refractivity contribution in [2.45, 2.75) is 49.1 Å². The normalized spacial score (nSPS) is 37.2. The molecule has 46 heavy (non-hydrogen) atoms. The lowest BCUT2D eigenvalue weighted by atomic mass is 10.1. The Labute approximate surface area is 262 Å². The molecule has 0 aromatic carbocycles. The van der Waals surface area contributed by atoms with Crippen LogP contribution >= 0.6 is 14.9 Å². The average Bonchev–Trinajstić information content (AvgIpc) is 3.77. The van der Waals surface area contributed by atoms with Gasteiger partial charge in [-0.3, -0.25) is 23.4 Å². The summed E-state index contributed by atoms with van der Waals surface area (Å²) in [5.74, 6) is -0.123. The summed E-state index contributed by atoms with van der Waals surface area (Å²) in [6.45, 7) is -5.28. The molecule has 4 aromatic heterocycles. The van der Waals surface area contributed by atoms with Crippen molar-refractivity contribution >= 4 is 60.8 Å². The van der Waals surface area contributed by atoms with Crippen molar-refractivity contribution < 1.29 is 52.1 Å². The highest BCUT2D eigenvalue weighted by molar-refractivity contribution is 8.07. The van der Waals surface area contributed by atoms with Crippen LogP contribution in [0.1, 0.15) is 12.5 Å². The van der Waals surface area contributed by atoms with E-state index in [2.05, 4.69) is 29.9 Å². The number of aromatic nitrogens is 8. The predicted molar refractivity (Wildman–Crippen MR) is 156 cm³/mol. The van der Waals surface area contributed by atoms with Crippen LogP contribution in [0.15, 0.2) is 23.8 Å². The molecule has 0 amide bonds. The third-order valence-corrected chi connectivity index (χ3v) is 10.6. The van der Waals surface area contributed by atoms with E-state index in [1.165, 1.54) is 28.1 Å². The summed E-state index contributed by atoms with van der Waals surface area (Å²) in [5.41, 5.74) is 11.4. The van der Waals surface area contributed by atoms with Crippen LogP contribution in [0.3, 0.4) is 0 Å². The van der Waals surface area contributed by atoms with E-state index < -0.39 is 82.7 Å². The molecule has 7 rings (SSSR count). The fourth-order valence-corrected chi connectivity index (χ4v) is 7.96. The zero-order valence-electron chi connectivity index (χ0n) is 23.4. The first-order valence-electron chi connectivity index (χ1n) is 13.4. The van der Waals surface area contributed by atoms with Crippen LogP contribution in [0.4, 0.5) is 11.8 Å². The van der Waals surface area contributed by atoms with Crippen LogP contribution in [0.2, 0.25) is 0 Å². The van der Waals surface area contributed by atoms with Crippen molar-refractivity contribution in [2.75, 3.05) is 31.8 Å². The van der Waals surface area contributed by atoms with Gasteiger partial charge in [0.15, 0.2) is 41.2 Å². The number of rotatable bonds is 3. The van der Waals surface area contributed by atoms with Gasteiger partial charge >= 0.3 is 14.9 Å². The van der Waals surface area contributed by atoms with E-state index in [0.717, 1.165) is 7.11 Å². The van der Waals surface area contributed by atoms with Gasteiger partial charge in [-0.1, -0.05) is 0 Å². The van der Waals surface area contributed by atoms with Gasteiger partial charge in [0.2, 0.25) is 5.95 Å². The third kappa shape index (κ3) is 5.46. The molecule has 3 saturated heterocycles. The maximum atomic E-state index is 12.4. The SMILES string of the molecule is CO[P+]1(O)OCC2OC(n3cnc4c(N)ncnc43)C(O)C2OP(O)(=S)OCC2OC(n3cnc4c(=O)[nH]c(N)nc43)C(O1)C2O. The topological polar surface area (TPSA) is 305 Å². The molecule has 0 radical (unpaired) electrons. The Morgan fingerprint density at radius 2 is 1.74 bits per heavy atom. The second kappa shape index (κ2) is 11.7.